The first kappa shape index (κ1) is 19.4. The van der Waals surface area contributed by atoms with Crippen molar-refractivity contribution in [2.45, 2.75) is 10.1 Å². The van der Waals surface area contributed by atoms with E-state index >= 15 is 0 Å². The lowest BCUT2D eigenvalue weighted by atomic mass is 10.1. The summed E-state index contributed by atoms with van der Waals surface area (Å²) in [6, 6.07) is 16.6. The van der Waals surface area contributed by atoms with E-state index in [1.807, 2.05) is 0 Å². The van der Waals surface area contributed by atoms with Crippen LogP contribution < -0.4 is 10.6 Å². The molecule has 2 rings (SSSR count). The van der Waals surface area contributed by atoms with E-state index in [-0.39, 0.29) is 18.0 Å². The molecule has 0 saturated heterocycles. The third-order valence-corrected chi connectivity index (χ3v) is 5.80. The third-order valence-electron chi connectivity index (χ3n) is 3.68. The quantitative estimate of drug-likeness (QED) is 0.571. The molecule has 0 aliphatic carbocycles. The molecule has 1 atom stereocenters. The largest absolute Gasteiger partial charge is 0.346 e. The molecule has 0 saturated carbocycles. The van der Waals surface area contributed by atoms with Crippen LogP contribution in [-0.4, -0.2) is 33.3 Å². The Morgan fingerprint density at radius 1 is 0.923 bits per heavy atom. The van der Waals surface area contributed by atoms with Gasteiger partial charge in [0.05, 0.1) is 4.90 Å². The van der Waals surface area contributed by atoms with Crippen LogP contribution in [0.25, 0.3) is 0 Å². The lowest BCUT2D eigenvalue weighted by molar-refractivity contribution is -0.139. The van der Waals surface area contributed by atoms with Gasteiger partial charge < -0.3 is 10.6 Å². The number of benzene rings is 2. The Labute approximate surface area is 152 Å². The highest BCUT2D eigenvalue weighted by molar-refractivity contribution is 7.91. The molecule has 26 heavy (non-hydrogen) atoms. The first-order chi connectivity index (χ1) is 12.5. The monoisotopic (exact) mass is 372 g/mol. The van der Waals surface area contributed by atoms with Crippen molar-refractivity contribution in [3.8, 4) is 0 Å². The van der Waals surface area contributed by atoms with Gasteiger partial charge in [-0.1, -0.05) is 54.6 Å². The normalized spacial score (nSPS) is 12.0. The van der Waals surface area contributed by atoms with Gasteiger partial charge in [-0.25, -0.2) is 8.42 Å². The highest BCUT2D eigenvalue weighted by Crippen LogP contribution is 2.28. The average Bonchev–Trinajstić information content (AvgIpc) is 2.67. The van der Waals surface area contributed by atoms with Gasteiger partial charge in [0.1, 0.15) is 5.25 Å². The van der Waals surface area contributed by atoms with Gasteiger partial charge in [0.25, 0.3) is 0 Å². The van der Waals surface area contributed by atoms with Gasteiger partial charge in [-0.3, -0.25) is 9.59 Å². The molecule has 0 unspecified atom stereocenters. The van der Waals surface area contributed by atoms with Crippen LogP contribution in [0.5, 0.6) is 0 Å². The number of sulfone groups is 1. The molecule has 0 heterocycles. The summed E-state index contributed by atoms with van der Waals surface area (Å²) in [6.07, 6.45) is 1.44. The first-order valence-corrected chi connectivity index (χ1v) is 9.52. The Kier molecular flexibility index (Phi) is 6.68. The summed E-state index contributed by atoms with van der Waals surface area (Å²) in [4.78, 5) is 23.7. The zero-order chi connectivity index (χ0) is 19.0. The SMILES string of the molecule is C=CCNC(=O)C(=O)NC[C@@H](c1ccccc1)S(=O)(=O)c1ccccc1. The van der Waals surface area contributed by atoms with Gasteiger partial charge in [0.2, 0.25) is 0 Å². The molecule has 2 N–H and O–H groups in total. The number of amides is 2. The molecule has 0 bridgehead atoms. The molecule has 2 aromatic carbocycles. The Hall–Kier alpha value is -2.93. The predicted octanol–water partition coefficient (Wildman–Crippen LogP) is 1.62. The maximum Gasteiger partial charge on any atom is 0.309 e. The number of hydrogen-bond acceptors (Lipinski definition) is 4. The van der Waals surface area contributed by atoms with Crippen LogP contribution in [0.2, 0.25) is 0 Å². The van der Waals surface area contributed by atoms with Crippen molar-refractivity contribution in [2.24, 2.45) is 0 Å². The zero-order valence-electron chi connectivity index (χ0n) is 14.1. The lowest BCUT2D eigenvalue weighted by Gasteiger charge is -2.19. The summed E-state index contributed by atoms with van der Waals surface area (Å²) in [6.45, 7) is 3.37. The van der Waals surface area contributed by atoms with E-state index in [1.54, 1.807) is 48.5 Å². The Bertz CT molecular complexity index is 865. The lowest BCUT2D eigenvalue weighted by Crippen LogP contribution is -2.42. The molecule has 0 spiro atoms. The molecule has 0 aliphatic rings. The highest BCUT2D eigenvalue weighted by atomic mass is 32.2. The van der Waals surface area contributed by atoms with Gasteiger partial charge in [-0.2, -0.15) is 0 Å². The average molecular weight is 372 g/mol. The Morgan fingerprint density at radius 3 is 2.04 bits per heavy atom. The molecule has 2 amide bonds. The van der Waals surface area contributed by atoms with E-state index in [0.717, 1.165) is 0 Å². The summed E-state index contributed by atoms with van der Waals surface area (Å²) in [5, 5.41) is 3.74. The number of carbonyl (C=O) groups excluding carboxylic acids is 2. The number of nitrogens with one attached hydrogen (secondary N) is 2. The molecule has 2 aromatic rings. The number of rotatable bonds is 7. The van der Waals surface area contributed by atoms with Crippen molar-refractivity contribution in [2.75, 3.05) is 13.1 Å². The van der Waals surface area contributed by atoms with E-state index in [4.69, 9.17) is 0 Å². The molecule has 6 nitrogen and oxygen atoms in total. The van der Waals surface area contributed by atoms with Crippen LogP contribution in [0.4, 0.5) is 0 Å². The van der Waals surface area contributed by atoms with Crippen LogP contribution in [0.1, 0.15) is 10.8 Å². The van der Waals surface area contributed by atoms with Crippen LogP contribution in [0, 0.1) is 0 Å². The van der Waals surface area contributed by atoms with Crippen LogP contribution >= 0.6 is 0 Å². The van der Waals surface area contributed by atoms with Crippen molar-refractivity contribution in [3.63, 3.8) is 0 Å². The maximum absolute atomic E-state index is 13.0. The second kappa shape index (κ2) is 8.96. The number of carbonyl (C=O) groups is 2. The first-order valence-electron chi connectivity index (χ1n) is 7.97. The van der Waals surface area contributed by atoms with E-state index < -0.39 is 26.9 Å². The van der Waals surface area contributed by atoms with Crippen LogP contribution in [0.3, 0.4) is 0 Å². The number of hydrogen-bond donors (Lipinski definition) is 2. The Morgan fingerprint density at radius 2 is 1.46 bits per heavy atom. The molecular weight excluding hydrogens is 352 g/mol. The maximum atomic E-state index is 13.0. The molecule has 0 radical (unpaired) electrons. The summed E-state index contributed by atoms with van der Waals surface area (Å²) in [5.41, 5.74) is 0.531. The molecule has 0 aromatic heterocycles. The second-order valence-corrected chi connectivity index (χ2v) is 7.60. The summed E-state index contributed by atoms with van der Waals surface area (Å²) >= 11 is 0. The molecular formula is C19H20N2O4S. The van der Waals surface area contributed by atoms with Crippen molar-refractivity contribution in [3.05, 3.63) is 78.9 Å². The molecule has 0 fully saturated rings. The van der Waals surface area contributed by atoms with Crippen molar-refractivity contribution >= 4 is 21.7 Å². The fraction of sp³-hybridized carbons (Fsp3) is 0.158. The van der Waals surface area contributed by atoms with Gasteiger partial charge in [-0.15, -0.1) is 6.58 Å². The Balaban J connectivity index is 2.25. The standard InChI is InChI=1S/C19H20N2O4S/c1-2-13-20-18(22)19(23)21-14-17(15-9-5-3-6-10-15)26(24,25)16-11-7-4-8-12-16/h2-12,17H,1,13-14H2,(H,20,22)(H,21,23)/t17-/m0/s1. The van der Waals surface area contributed by atoms with Gasteiger partial charge >= 0.3 is 11.8 Å². The minimum absolute atomic E-state index is 0.149. The van der Waals surface area contributed by atoms with E-state index in [2.05, 4.69) is 17.2 Å². The van der Waals surface area contributed by atoms with Crippen molar-refractivity contribution < 1.29 is 18.0 Å². The second-order valence-electron chi connectivity index (χ2n) is 5.47. The van der Waals surface area contributed by atoms with Crippen molar-refractivity contribution in [1.82, 2.24) is 10.6 Å². The fourth-order valence-electron chi connectivity index (χ4n) is 2.36. The van der Waals surface area contributed by atoms with E-state index in [0.29, 0.717) is 5.56 Å². The van der Waals surface area contributed by atoms with Crippen molar-refractivity contribution in [1.29, 1.82) is 0 Å². The molecule has 136 valence electrons. The minimum atomic E-state index is -3.76. The smallest absolute Gasteiger partial charge is 0.309 e. The van der Waals surface area contributed by atoms with Gasteiger partial charge in [0.15, 0.2) is 9.84 Å². The summed E-state index contributed by atoms with van der Waals surface area (Å²) in [5.74, 6) is -1.73. The molecule has 0 aliphatic heterocycles. The molecule has 7 heteroatoms. The van der Waals surface area contributed by atoms with Gasteiger partial charge in [-0.05, 0) is 17.7 Å². The van der Waals surface area contributed by atoms with Crippen LogP contribution in [0.15, 0.2) is 78.2 Å². The minimum Gasteiger partial charge on any atom is -0.346 e. The summed E-state index contributed by atoms with van der Waals surface area (Å²) in [7, 11) is -3.76. The fourth-order valence-corrected chi connectivity index (χ4v) is 4.04. The predicted molar refractivity (Wildman–Crippen MR) is 99.0 cm³/mol. The van der Waals surface area contributed by atoms with E-state index in [9.17, 15) is 18.0 Å². The zero-order valence-corrected chi connectivity index (χ0v) is 14.9. The van der Waals surface area contributed by atoms with Gasteiger partial charge in [0, 0.05) is 13.1 Å². The third kappa shape index (κ3) is 4.80. The topological polar surface area (TPSA) is 92.3 Å². The van der Waals surface area contributed by atoms with Crippen LogP contribution in [-0.2, 0) is 19.4 Å². The van der Waals surface area contributed by atoms with E-state index in [1.165, 1.54) is 18.2 Å². The summed E-state index contributed by atoms with van der Waals surface area (Å²) < 4.78 is 26.0. The highest BCUT2D eigenvalue weighted by Gasteiger charge is 2.30.